The molecule has 1 N–H and O–H groups in total. The summed E-state index contributed by atoms with van der Waals surface area (Å²) in [6.07, 6.45) is 1.75. The first-order valence-electron chi connectivity index (χ1n) is 12.1. The van der Waals surface area contributed by atoms with E-state index in [1.165, 1.54) is 5.56 Å². The van der Waals surface area contributed by atoms with E-state index in [1.54, 1.807) is 16.4 Å². The van der Waals surface area contributed by atoms with Gasteiger partial charge in [-0.1, -0.05) is 72.8 Å². The van der Waals surface area contributed by atoms with E-state index >= 15 is 0 Å². The molecule has 3 aromatic rings. The zero-order chi connectivity index (χ0) is 23.7. The maximum Gasteiger partial charge on any atom is 0.243 e. The van der Waals surface area contributed by atoms with Crippen LogP contribution in [0.25, 0.3) is 11.1 Å². The Hall–Kier alpha value is -2.51. The molecule has 2 saturated heterocycles. The molecule has 2 aliphatic rings. The van der Waals surface area contributed by atoms with Gasteiger partial charge in [0.15, 0.2) is 0 Å². The SMILES string of the molecule is Cc1ccccc1S(=O)(=O)N1CCCCN2[C@H](C1)[C@H](c1ccc(-c3ccccc3)cc1)[C@@H]2CO. The van der Waals surface area contributed by atoms with Crippen molar-refractivity contribution in [3.8, 4) is 11.1 Å². The van der Waals surface area contributed by atoms with E-state index in [0.717, 1.165) is 36.1 Å². The second-order valence-electron chi connectivity index (χ2n) is 9.40. The molecule has 0 aliphatic carbocycles. The number of hydrogen-bond donors (Lipinski definition) is 1. The zero-order valence-electron chi connectivity index (χ0n) is 19.5. The van der Waals surface area contributed by atoms with Crippen LogP contribution in [0.15, 0.2) is 83.8 Å². The molecular weight excluding hydrogens is 444 g/mol. The highest BCUT2D eigenvalue weighted by Gasteiger charge is 2.50. The highest BCUT2D eigenvalue weighted by atomic mass is 32.2. The molecule has 2 fully saturated rings. The van der Waals surface area contributed by atoms with Crippen LogP contribution in [-0.2, 0) is 10.0 Å². The largest absolute Gasteiger partial charge is 0.395 e. The van der Waals surface area contributed by atoms with Gasteiger partial charge in [0.1, 0.15) is 0 Å². The summed E-state index contributed by atoms with van der Waals surface area (Å²) in [7, 11) is -3.58. The number of hydrogen-bond acceptors (Lipinski definition) is 4. The zero-order valence-corrected chi connectivity index (χ0v) is 20.4. The summed E-state index contributed by atoms with van der Waals surface area (Å²) in [5, 5.41) is 10.2. The van der Waals surface area contributed by atoms with Crippen molar-refractivity contribution in [1.29, 1.82) is 0 Å². The molecule has 6 heteroatoms. The molecule has 0 spiro atoms. The molecular formula is C28H32N2O3S. The Morgan fingerprint density at radius 1 is 0.853 bits per heavy atom. The van der Waals surface area contributed by atoms with Crippen LogP contribution in [0.1, 0.15) is 29.9 Å². The lowest BCUT2D eigenvalue weighted by Crippen LogP contribution is -2.67. The van der Waals surface area contributed by atoms with Crippen LogP contribution in [-0.4, -0.2) is 61.1 Å². The molecule has 0 radical (unpaired) electrons. The molecule has 0 bridgehead atoms. The number of aliphatic hydroxyl groups is 1. The number of benzene rings is 3. The quantitative estimate of drug-likeness (QED) is 0.597. The van der Waals surface area contributed by atoms with Crippen LogP contribution in [0.5, 0.6) is 0 Å². The summed E-state index contributed by atoms with van der Waals surface area (Å²) in [5.41, 5.74) is 4.26. The van der Waals surface area contributed by atoms with Crippen molar-refractivity contribution in [3.63, 3.8) is 0 Å². The van der Waals surface area contributed by atoms with Gasteiger partial charge in [0.25, 0.3) is 0 Å². The fraction of sp³-hybridized carbons (Fsp3) is 0.357. The molecule has 2 aliphatic heterocycles. The van der Waals surface area contributed by atoms with Crippen LogP contribution < -0.4 is 0 Å². The van der Waals surface area contributed by atoms with E-state index in [9.17, 15) is 13.5 Å². The molecule has 5 nitrogen and oxygen atoms in total. The Bertz CT molecular complexity index is 1230. The number of rotatable bonds is 5. The summed E-state index contributed by atoms with van der Waals surface area (Å²) < 4.78 is 28.9. The van der Waals surface area contributed by atoms with E-state index in [-0.39, 0.29) is 24.6 Å². The lowest BCUT2D eigenvalue weighted by molar-refractivity contribution is -0.0553. The minimum Gasteiger partial charge on any atom is -0.395 e. The van der Waals surface area contributed by atoms with Crippen LogP contribution in [0.3, 0.4) is 0 Å². The van der Waals surface area contributed by atoms with Gasteiger partial charge in [-0.3, -0.25) is 4.90 Å². The highest BCUT2D eigenvalue weighted by Crippen LogP contribution is 2.43. The predicted molar refractivity (Wildman–Crippen MR) is 135 cm³/mol. The molecule has 3 aromatic carbocycles. The average molecular weight is 477 g/mol. The molecule has 5 rings (SSSR count). The number of aliphatic hydroxyl groups excluding tert-OH is 1. The van der Waals surface area contributed by atoms with E-state index in [4.69, 9.17) is 0 Å². The second kappa shape index (κ2) is 9.62. The summed E-state index contributed by atoms with van der Waals surface area (Å²) in [5.74, 6) is 0.0995. The maximum absolute atomic E-state index is 13.6. The first kappa shape index (κ1) is 23.2. The van der Waals surface area contributed by atoms with Crippen molar-refractivity contribution in [1.82, 2.24) is 9.21 Å². The third-order valence-corrected chi connectivity index (χ3v) is 9.47. The number of aryl methyl sites for hydroxylation is 1. The van der Waals surface area contributed by atoms with Crippen LogP contribution in [0.4, 0.5) is 0 Å². The predicted octanol–water partition coefficient (Wildman–Crippen LogP) is 4.28. The first-order chi connectivity index (χ1) is 16.5. The van der Waals surface area contributed by atoms with Gasteiger partial charge in [0, 0.05) is 31.1 Å². The minimum atomic E-state index is -3.58. The van der Waals surface area contributed by atoms with Gasteiger partial charge in [-0.05, 0) is 54.6 Å². The van der Waals surface area contributed by atoms with Crippen LogP contribution in [0, 0.1) is 6.92 Å². The first-order valence-corrected chi connectivity index (χ1v) is 13.5. The van der Waals surface area contributed by atoms with Gasteiger partial charge in [-0.15, -0.1) is 0 Å². The van der Waals surface area contributed by atoms with Crippen molar-refractivity contribution >= 4 is 10.0 Å². The van der Waals surface area contributed by atoms with Crippen molar-refractivity contribution in [2.24, 2.45) is 0 Å². The third kappa shape index (κ3) is 4.20. The third-order valence-electron chi connectivity index (χ3n) is 7.45. The smallest absolute Gasteiger partial charge is 0.243 e. The van der Waals surface area contributed by atoms with E-state index in [1.807, 2.05) is 37.3 Å². The average Bonchev–Trinajstić information content (AvgIpc) is 2.84. The standard InChI is InChI=1S/C28H32N2O3S/c1-21-9-5-6-12-27(21)34(32,33)29-17-7-8-18-30-25(19-29)28(26(30)20-31)24-15-13-23(14-16-24)22-10-3-2-4-11-22/h2-6,9-16,25-26,28,31H,7-8,17-20H2,1H3/t25-,26+,28+/m1/s1. The van der Waals surface area contributed by atoms with Gasteiger partial charge in [-0.2, -0.15) is 4.31 Å². The summed E-state index contributed by atoms with van der Waals surface area (Å²) in [4.78, 5) is 2.71. The Morgan fingerprint density at radius 3 is 2.21 bits per heavy atom. The molecule has 2 heterocycles. The van der Waals surface area contributed by atoms with Gasteiger partial charge < -0.3 is 5.11 Å². The molecule has 0 aromatic heterocycles. The Kier molecular flexibility index (Phi) is 6.58. The Balaban J connectivity index is 1.44. The lowest BCUT2D eigenvalue weighted by atomic mass is 9.74. The summed E-state index contributed by atoms with van der Waals surface area (Å²) in [6, 6.07) is 26.1. The molecule has 34 heavy (non-hydrogen) atoms. The Morgan fingerprint density at radius 2 is 1.50 bits per heavy atom. The van der Waals surface area contributed by atoms with Crippen molar-refractivity contribution in [3.05, 3.63) is 90.0 Å². The molecule has 0 saturated carbocycles. The molecule has 178 valence electrons. The monoisotopic (exact) mass is 476 g/mol. The van der Waals surface area contributed by atoms with E-state index in [2.05, 4.69) is 41.3 Å². The fourth-order valence-corrected chi connectivity index (χ4v) is 7.36. The highest BCUT2D eigenvalue weighted by molar-refractivity contribution is 7.89. The molecule has 0 unspecified atom stereocenters. The fourth-order valence-electron chi connectivity index (χ4n) is 5.64. The minimum absolute atomic E-state index is 0.0219. The topological polar surface area (TPSA) is 60.9 Å². The van der Waals surface area contributed by atoms with Gasteiger partial charge >= 0.3 is 0 Å². The van der Waals surface area contributed by atoms with Gasteiger partial charge in [0.2, 0.25) is 10.0 Å². The van der Waals surface area contributed by atoms with Crippen molar-refractivity contribution < 1.29 is 13.5 Å². The van der Waals surface area contributed by atoms with Crippen LogP contribution >= 0.6 is 0 Å². The summed E-state index contributed by atoms with van der Waals surface area (Å²) >= 11 is 0. The second-order valence-corrected chi connectivity index (χ2v) is 11.3. The Labute approximate surface area is 202 Å². The van der Waals surface area contributed by atoms with Crippen molar-refractivity contribution in [2.45, 2.75) is 42.7 Å². The molecule has 3 atom stereocenters. The number of nitrogens with zero attached hydrogens (tertiary/aromatic N) is 2. The summed E-state index contributed by atoms with van der Waals surface area (Å²) in [6.45, 7) is 3.80. The van der Waals surface area contributed by atoms with Crippen molar-refractivity contribution in [2.75, 3.05) is 26.2 Å². The van der Waals surface area contributed by atoms with Crippen LogP contribution in [0.2, 0.25) is 0 Å². The molecule has 0 amide bonds. The lowest BCUT2D eigenvalue weighted by Gasteiger charge is -2.57. The van der Waals surface area contributed by atoms with Gasteiger partial charge in [-0.25, -0.2) is 8.42 Å². The number of fused-ring (bicyclic) bond motifs is 1. The van der Waals surface area contributed by atoms with E-state index in [0.29, 0.717) is 18.0 Å². The number of sulfonamides is 1. The van der Waals surface area contributed by atoms with E-state index < -0.39 is 10.0 Å². The van der Waals surface area contributed by atoms with Gasteiger partial charge in [0.05, 0.1) is 11.5 Å². The maximum atomic E-state index is 13.6. The normalized spacial score (nSPS) is 24.0.